The summed E-state index contributed by atoms with van der Waals surface area (Å²) in [7, 11) is -0.743. The van der Waals surface area contributed by atoms with Crippen LogP contribution in [0.3, 0.4) is 0 Å². The number of halogens is 1. The van der Waals surface area contributed by atoms with Crippen LogP contribution < -0.4 is 14.8 Å². The number of methoxy groups -OCH3 is 1. The summed E-state index contributed by atoms with van der Waals surface area (Å²) in [4.78, 5) is 0.0576. The molecular formula is C14H15BrN2O3S. The van der Waals surface area contributed by atoms with E-state index in [1.165, 1.54) is 24.5 Å². The van der Waals surface area contributed by atoms with E-state index < -0.39 is 10.0 Å². The van der Waals surface area contributed by atoms with Crippen LogP contribution in [0.1, 0.15) is 0 Å². The normalized spacial score (nSPS) is 11.2. The van der Waals surface area contributed by atoms with E-state index in [9.17, 15) is 8.42 Å². The lowest BCUT2D eigenvalue weighted by Crippen LogP contribution is -2.27. The van der Waals surface area contributed by atoms with Crippen LogP contribution in [-0.4, -0.2) is 22.6 Å². The molecule has 0 unspecified atom stereocenters. The molecule has 0 bridgehead atoms. The maximum Gasteiger partial charge on any atom is 0.266 e. The third-order valence-corrected chi connectivity index (χ3v) is 5.37. The first-order chi connectivity index (χ1) is 9.86. The summed E-state index contributed by atoms with van der Waals surface area (Å²) in [5.74, 6) is 0.580. The third-order valence-electron chi connectivity index (χ3n) is 3.03. The van der Waals surface area contributed by atoms with Crippen molar-refractivity contribution in [3.63, 3.8) is 0 Å². The van der Waals surface area contributed by atoms with Crippen LogP contribution in [-0.2, 0) is 10.0 Å². The molecule has 0 aliphatic heterocycles. The summed E-state index contributed by atoms with van der Waals surface area (Å²) >= 11 is 3.26. The summed E-state index contributed by atoms with van der Waals surface area (Å²) in [5.41, 5.74) is 6.49. The number of nitrogens with zero attached hydrogens (tertiary/aromatic N) is 1. The number of benzene rings is 2. The number of hydrogen-bond donors (Lipinski definition) is 1. The van der Waals surface area contributed by atoms with E-state index in [0.717, 1.165) is 0 Å². The maximum absolute atomic E-state index is 12.7. The van der Waals surface area contributed by atoms with Crippen molar-refractivity contribution < 1.29 is 13.2 Å². The number of rotatable bonds is 4. The van der Waals surface area contributed by atoms with Crippen molar-refractivity contribution in [3.05, 3.63) is 46.9 Å². The maximum atomic E-state index is 12.7. The van der Waals surface area contributed by atoms with Gasteiger partial charge in [-0.2, -0.15) is 0 Å². The van der Waals surface area contributed by atoms with E-state index in [0.29, 0.717) is 15.9 Å². The molecule has 0 spiro atoms. The second-order valence-corrected chi connectivity index (χ2v) is 7.21. The highest BCUT2D eigenvalue weighted by molar-refractivity contribution is 9.10. The van der Waals surface area contributed by atoms with Gasteiger partial charge in [-0.3, -0.25) is 4.31 Å². The van der Waals surface area contributed by atoms with Crippen molar-refractivity contribution in [2.75, 3.05) is 24.2 Å². The van der Waals surface area contributed by atoms with Crippen LogP contribution >= 0.6 is 15.9 Å². The van der Waals surface area contributed by atoms with Crippen molar-refractivity contribution in [3.8, 4) is 5.75 Å². The molecule has 7 heteroatoms. The molecule has 0 fully saturated rings. The smallest absolute Gasteiger partial charge is 0.266 e. The number of ether oxygens (including phenoxy) is 1. The zero-order valence-electron chi connectivity index (χ0n) is 11.6. The zero-order chi connectivity index (χ0) is 15.6. The summed E-state index contributed by atoms with van der Waals surface area (Å²) in [5, 5.41) is 0. The van der Waals surface area contributed by atoms with Crippen LogP contribution in [0.15, 0.2) is 51.8 Å². The van der Waals surface area contributed by atoms with Gasteiger partial charge in [0, 0.05) is 17.6 Å². The molecule has 0 radical (unpaired) electrons. The molecule has 5 nitrogen and oxygen atoms in total. The number of anilines is 2. The van der Waals surface area contributed by atoms with Gasteiger partial charge in [0.1, 0.15) is 10.6 Å². The first-order valence-electron chi connectivity index (χ1n) is 6.04. The minimum absolute atomic E-state index is 0.0576. The number of sulfonamides is 1. The van der Waals surface area contributed by atoms with Gasteiger partial charge in [0.15, 0.2) is 0 Å². The molecule has 0 aromatic heterocycles. The van der Waals surface area contributed by atoms with Gasteiger partial charge >= 0.3 is 0 Å². The Balaban J connectivity index is 2.49. The average Bonchev–Trinajstić information content (AvgIpc) is 2.48. The van der Waals surface area contributed by atoms with E-state index in [-0.39, 0.29) is 10.6 Å². The Morgan fingerprint density at radius 1 is 1.19 bits per heavy atom. The molecule has 2 aromatic rings. The van der Waals surface area contributed by atoms with Gasteiger partial charge in [0.2, 0.25) is 0 Å². The number of nitrogen functional groups attached to an aromatic ring is 1. The third kappa shape index (κ3) is 3.14. The highest BCUT2D eigenvalue weighted by Gasteiger charge is 2.24. The predicted octanol–water partition coefficient (Wildman–Crippen LogP) is 2.87. The van der Waals surface area contributed by atoms with E-state index in [4.69, 9.17) is 10.5 Å². The summed E-state index contributed by atoms with van der Waals surface area (Å²) in [6.45, 7) is 0. The van der Waals surface area contributed by atoms with Gasteiger partial charge < -0.3 is 10.5 Å². The van der Waals surface area contributed by atoms with Crippen LogP contribution in [0.2, 0.25) is 0 Å². The van der Waals surface area contributed by atoms with Crippen LogP contribution in [0.25, 0.3) is 0 Å². The Labute approximate surface area is 132 Å². The van der Waals surface area contributed by atoms with Crippen LogP contribution in [0.5, 0.6) is 5.75 Å². The monoisotopic (exact) mass is 370 g/mol. The van der Waals surface area contributed by atoms with Crippen molar-refractivity contribution in [1.29, 1.82) is 0 Å². The molecule has 2 rings (SSSR count). The molecule has 0 amide bonds. The van der Waals surface area contributed by atoms with E-state index in [1.54, 1.807) is 36.4 Å². The summed E-state index contributed by atoms with van der Waals surface area (Å²) in [6, 6.07) is 11.5. The second kappa shape index (κ2) is 5.95. The largest absolute Gasteiger partial charge is 0.497 e. The molecule has 2 aromatic carbocycles. The molecule has 21 heavy (non-hydrogen) atoms. The fourth-order valence-corrected chi connectivity index (χ4v) is 3.66. The van der Waals surface area contributed by atoms with Crippen molar-refractivity contribution in [2.24, 2.45) is 0 Å². The molecular weight excluding hydrogens is 356 g/mol. The van der Waals surface area contributed by atoms with Gasteiger partial charge in [0.25, 0.3) is 10.0 Å². The van der Waals surface area contributed by atoms with Gasteiger partial charge in [-0.25, -0.2) is 8.42 Å². The lowest BCUT2D eigenvalue weighted by Gasteiger charge is -2.21. The van der Waals surface area contributed by atoms with Crippen molar-refractivity contribution in [1.82, 2.24) is 0 Å². The highest BCUT2D eigenvalue weighted by Crippen LogP contribution is 2.29. The average molecular weight is 371 g/mol. The SMILES string of the molecule is COc1cccc(N(C)S(=O)(=O)c2cc(Br)ccc2N)c1. The molecule has 0 heterocycles. The van der Waals surface area contributed by atoms with Crippen LogP contribution in [0, 0.1) is 0 Å². The van der Waals surface area contributed by atoms with Gasteiger partial charge in [-0.1, -0.05) is 22.0 Å². The predicted molar refractivity (Wildman–Crippen MR) is 87.1 cm³/mol. The summed E-state index contributed by atoms with van der Waals surface area (Å²) in [6.07, 6.45) is 0. The lowest BCUT2D eigenvalue weighted by atomic mass is 10.3. The Morgan fingerprint density at radius 2 is 1.90 bits per heavy atom. The number of hydrogen-bond acceptors (Lipinski definition) is 4. The standard InChI is InChI=1S/C14H15BrN2O3S/c1-17(11-4-3-5-12(9-11)20-2)21(18,19)14-8-10(15)6-7-13(14)16/h3-9H,16H2,1-2H3. The molecule has 2 N–H and O–H groups in total. The Bertz CT molecular complexity index is 763. The van der Waals surface area contributed by atoms with E-state index in [1.807, 2.05) is 0 Å². The molecule has 0 aliphatic rings. The molecule has 112 valence electrons. The van der Waals surface area contributed by atoms with Crippen molar-refractivity contribution in [2.45, 2.75) is 4.90 Å². The first kappa shape index (κ1) is 15.7. The van der Waals surface area contributed by atoms with E-state index >= 15 is 0 Å². The van der Waals surface area contributed by atoms with Gasteiger partial charge in [0.05, 0.1) is 18.5 Å². The van der Waals surface area contributed by atoms with Crippen LogP contribution in [0.4, 0.5) is 11.4 Å². The highest BCUT2D eigenvalue weighted by atomic mass is 79.9. The fraction of sp³-hybridized carbons (Fsp3) is 0.143. The quantitative estimate of drug-likeness (QED) is 0.839. The lowest BCUT2D eigenvalue weighted by molar-refractivity contribution is 0.415. The number of nitrogens with two attached hydrogens (primary N) is 1. The van der Waals surface area contributed by atoms with E-state index in [2.05, 4.69) is 15.9 Å². The minimum Gasteiger partial charge on any atom is -0.497 e. The minimum atomic E-state index is -3.75. The fourth-order valence-electron chi connectivity index (χ4n) is 1.82. The topological polar surface area (TPSA) is 72.6 Å². The molecule has 0 saturated heterocycles. The van der Waals surface area contributed by atoms with Crippen molar-refractivity contribution >= 4 is 37.3 Å². The molecule has 0 aliphatic carbocycles. The Hall–Kier alpha value is -1.73. The first-order valence-corrected chi connectivity index (χ1v) is 8.27. The molecule has 0 atom stereocenters. The molecule has 0 saturated carbocycles. The summed E-state index contributed by atoms with van der Waals surface area (Å²) < 4.78 is 32.3. The Morgan fingerprint density at radius 3 is 2.57 bits per heavy atom. The Kier molecular flexibility index (Phi) is 4.43. The second-order valence-electron chi connectivity index (χ2n) is 4.36. The van der Waals surface area contributed by atoms with Gasteiger partial charge in [-0.05, 0) is 30.3 Å². The van der Waals surface area contributed by atoms with Gasteiger partial charge in [-0.15, -0.1) is 0 Å². The zero-order valence-corrected chi connectivity index (χ0v) is 14.0.